The number of anilines is 1. The van der Waals surface area contributed by atoms with Crippen molar-refractivity contribution in [2.45, 2.75) is 55.6 Å². The number of carbonyl (C=O) groups is 2. The summed E-state index contributed by atoms with van der Waals surface area (Å²) in [5, 5.41) is 68.9. The lowest BCUT2D eigenvalue weighted by Crippen LogP contribution is -2.60. The Balaban J connectivity index is 1.57. The van der Waals surface area contributed by atoms with Crippen LogP contribution in [-0.4, -0.2) is 103 Å². The topological polar surface area (TPSA) is 210 Å². The van der Waals surface area contributed by atoms with E-state index in [9.17, 15) is 45.3 Å². The van der Waals surface area contributed by atoms with Gasteiger partial charge in [-0.1, -0.05) is 0 Å². The Morgan fingerprint density at radius 1 is 1.11 bits per heavy atom. The zero-order valence-electron chi connectivity index (χ0n) is 18.8. The first-order valence-corrected chi connectivity index (χ1v) is 11.1. The van der Waals surface area contributed by atoms with Gasteiger partial charge in [0, 0.05) is 37.0 Å². The van der Waals surface area contributed by atoms with E-state index in [0.29, 0.717) is 16.8 Å². The molecule has 36 heavy (non-hydrogen) atoms. The molecule has 3 heterocycles. The second-order valence-electron chi connectivity index (χ2n) is 8.64. The summed E-state index contributed by atoms with van der Waals surface area (Å²) in [4.78, 5) is 28.4. The zero-order valence-corrected chi connectivity index (χ0v) is 18.8. The monoisotopic (exact) mass is 506 g/mol. The summed E-state index contributed by atoms with van der Waals surface area (Å²) in [5.74, 6) is -2.78. The van der Waals surface area contributed by atoms with Gasteiger partial charge in [-0.15, -0.1) is 0 Å². The van der Waals surface area contributed by atoms with Crippen molar-refractivity contribution in [3.8, 4) is 11.5 Å². The van der Waals surface area contributed by atoms with Crippen molar-refractivity contribution < 1.29 is 54.8 Å². The van der Waals surface area contributed by atoms with Gasteiger partial charge in [-0.05, 0) is 29.4 Å². The van der Waals surface area contributed by atoms with Crippen LogP contribution in [0.5, 0.6) is 11.5 Å². The molecule has 0 aromatic heterocycles. The maximum Gasteiger partial charge on any atom is 0.328 e. The fraction of sp³-hybridized carbons (Fsp3) is 0.435. The fourth-order valence-corrected chi connectivity index (χ4v) is 4.29. The SMILES string of the molecule is O=C(O)[C@@H]1CC(/C=C/N2c3cc(O)c(O[C@@H]4O[C@H](CO)[C@@H](O)[C@H](O)[C@H]4O)cc3C[C@@H]2C(=O)O)=CC=N1. The number of aliphatic hydroxyl groups excluding tert-OH is 4. The smallest absolute Gasteiger partial charge is 0.328 e. The average molecular weight is 506 g/mol. The van der Waals surface area contributed by atoms with E-state index < -0.39 is 67.1 Å². The third-order valence-electron chi connectivity index (χ3n) is 6.28. The molecule has 4 rings (SSSR count). The Morgan fingerprint density at radius 2 is 1.86 bits per heavy atom. The minimum atomic E-state index is -1.69. The zero-order chi connectivity index (χ0) is 26.1. The number of hydrogen-bond donors (Lipinski definition) is 7. The molecule has 13 heteroatoms. The lowest BCUT2D eigenvalue weighted by molar-refractivity contribution is -0.277. The van der Waals surface area contributed by atoms with Crippen LogP contribution in [0.25, 0.3) is 0 Å². The van der Waals surface area contributed by atoms with E-state index in [1.165, 1.54) is 29.4 Å². The largest absolute Gasteiger partial charge is 0.504 e. The normalized spacial score (nSPS) is 31.8. The Hall–Kier alpha value is -3.49. The number of aliphatic imine (C=N–C) groups is 1. The van der Waals surface area contributed by atoms with Crippen LogP contribution >= 0.6 is 0 Å². The molecular weight excluding hydrogens is 480 g/mol. The highest BCUT2D eigenvalue weighted by Gasteiger charge is 2.45. The van der Waals surface area contributed by atoms with Crippen molar-refractivity contribution in [2.75, 3.05) is 11.5 Å². The number of aromatic hydroxyl groups is 1. The van der Waals surface area contributed by atoms with E-state index in [-0.39, 0.29) is 18.6 Å². The predicted octanol–water partition coefficient (Wildman–Crippen LogP) is -1.25. The third-order valence-corrected chi connectivity index (χ3v) is 6.28. The van der Waals surface area contributed by atoms with Crippen LogP contribution in [0.4, 0.5) is 5.69 Å². The molecule has 13 nitrogen and oxygen atoms in total. The van der Waals surface area contributed by atoms with Crippen LogP contribution in [0.2, 0.25) is 0 Å². The summed E-state index contributed by atoms with van der Waals surface area (Å²) < 4.78 is 10.8. The Labute approximate surface area is 204 Å². The number of carboxylic acids is 2. The lowest BCUT2D eigenvalue weighted by Gasteiger charge is -2.39. The molecule has 3 aliphatic rings. The molecule has 0 aliphatic carbocycles. The number of allylic oxidation sites excluding steroid dienone is 2. The Kier molecular flexibility index (Phi) is 7.28. The molecule has 1 aromatic carbocycles. The second-order valence-corrected chi connectivity index (χ2v) is 8.64. The number of dihydropyridines is 1. The number of benzene rings is 1. The standard InChI is InChI=1S/C23H26N2O11/c26-9-17-18(28)19(29)20(30)23(36-17)35-16-7-11-6-14(22(33)34)25(13(11)8-15(16)27)4-2-10-1-3-24-12(5-10)21(31)32/h1-4,7-8,12,14,17-20,23,26-30H,5-6,9H2,(H,31,32)(H,33,34)/b4-2+/t12-,14+,17+,18+,19-,20+,23+/m0/s1. The van der Waals surface area contributed by atoms with Gasteiger partial charge < -0.3 is 50.1 Å². The van der Waals surface area contributed by atoms with Crippen LogP contribution in [0.1, 0.15) is 12.0 Å². The number of rotatable bonds is 7. The quantitative estimate of drug-likeness (QED) is 0.231. The van der Waals surface area contributed by atoms with Gasteiger partial charge in [0.2, 0.25) is 6.29 Å². The van der Waals surface area contributed by atoms with Crippen molar-refractivity contribution in [3.05, 3.63) is 41.6 Å². The van der Waals surface area contributed by atoms with Gasteiger partial charge in [0.05, 0.1) is 6.61 Å². The number of aliphatic carboxylic acids is 2. The van der Waals surface area contributed by atoms with Crippen LogP contribution < -0.4 is 9.64 Å². The summed E-state index contributed by atoms with van der Waals surface area (Å²) in [7, 11) is 0. The first-order chi connectivity index (χ1) is 17.1. The van der Waals surface area contributed by atoms with E-state index in [4.69, 9.17) is 9.47 Å². The molecule has 0 bridgehead atoms. The van der Waals surface area contributed by atoms with Gasteiger partial charge in [0.1, 0.15) is 30.5 Å². The maximum atomic E-state index is 11.9. The van der Waals surface area contributed by atoms with E-state index in [2.05, 4.69) is 4.99 Å². The van der Waals surface area contributed by atoms with Crippen LogP contribution in [0, 0.1) is 0 Å². The Morgan fingerprint density at radius 3 is 2.53 bits per heavy atom. The van der Waals surface area contributed by atoms with Crippen LogP contribution in [0.3, 0.4) is 0 Å². The van der Waals surface area contributed by atoms with E-state index in [1.54, 1.807) is 12.2 Å². The van der Waals surface area contributed by atoms with Gasteiger partial charge in [0.15, 0.2) is 17.5 Å². The molecule has 1 fully saturated rings. The first-order valence-electron chi connectivity index (χ1n) is 11.1. The minimum absolute atomic E-state index is 0.0403. The maximum absolute atomic E-state index is 11.9. The number of phenolic OH excluding ortho intramolecular Hbond substituents is 1. The summed E-state index contributed by atoms with van der Waals surface area (Å²) in [6.07, 6.45) is -1.42. The summed E-state index contributed by atoms with van der Waals surface area (Å²) in [6, 6.07) is 0.704. The molecule has 7 N–H and O–H groups in total. The molecule has 0 amide bonds. The average Bonchev–Trinajstić information content (AvgIpc) is 3.20. The lowest BCUT2D eigenvalue weighted by atomic mass is 9.99. The van der Waals surface area contributed by atoms with Crippen molar-refractivity contribution in [1.82, 2.24) is 0 Å². The van der Waals surface area contributed by atoms with Gasteiger partial charge in [-0.2, -0.15) is 0 Å². The first kappa shape index (κ1) is 25.6. The fourth-order valence-electron chi connectivity index (χ4n) is 4.29. The van der Waals surface area contributed by atoms with Crippen LogP contribution in [-0.2, 0) is 20.7 Å². The van der Waals surface area contributed by atoms with Gasteiger partial charge in [-0.3, -0.25) is 4.99 Å². The molecule has 1 aromatic rings. The molecule has 0 spiro atoms. The van der Waals surface area contributed by atoms with E-state index in [1.807, 2.05) is 0 Å². The highest BCUT2D eigenvalue weighted by atomic mass is 16.7. The summed E-state index contributed by atoms with van der Waals surface area (Å²) in [6.45, 7) is -0.655. The van der Waals surface area contributed by atoms with Gasteiger partial charge in [-0.25, -0.2) is 9.59 Å². The molecule has 194 valence electrons. The predicted molar refractivity (Wildman–Crippen MR) is 122 cm³/mol. The molecule has 7 atom stereocenters. The van der Waals surface area contributed by atoms with Crippen molar-refractivity contribution in [2.24, 2.45) is 4.99 Å². The van der Waals surface area contributed by atoms with E-state index in [0.717, 1.165) is 0 Å². The number of carboxylic acid groups (broad SMARTS) is 2. The molecular formula is C23H26N2O11. The third kappa shape index (κ3) is 4.92. The molecule has 0 unspecified atom stereocenters. The van der Waals surface area contributed by atoms with Crippen molar-refractivity contribution in [1.29, 1.82) is 0 Å². The number of nitrogens with zero attached hydrogens (tertiary/aromatic N) is 2. The number of hydrogen-bond acceptors (Lipinski definition) is 11. The number of phenols is 1. The van der Waals surface area contributed by atoms with Gasteiger partial charge >= 0.3 is 11.9 Å². The van der Waals surface area contributed by atoms with Crippen molar-refractivity contribution in [3.63, 3.8) is 0 Å². The number of aliphatic hydroxyl groups is 4. The van der Waals surface area contributed by atoms with Gasteiger partial charge in [0.25, 0.3) is 0 Å². The molecule has 1 saturated heterocycles. The molecule has 0 saturated carbocycles. The highest BCUT2D eigenvalue weighted by molar-refractivity contribution is 5.85. The number of ether oxygens (including phenoxy) is 2. The molecule has 0 radical (unpaired) electrons. The van der Waals surface area contributed by atoms with E-state index >= 15 is 0 Å². The number of fused-ring (bicyclic) bond motifs is 1. The highest BCUT2D eigenvalue weighted by Crippen LogP contribution is 2.42. The second kappa shape index (κ2) is 10.2. The summed E-state index contributed by atoms with van der Waals surface area (Å²) >= 11 is 0. The minimum Gasteiger partial charge on any atom is -0.504 e. The molecule has 3 aliphatic heterocycles. The van der Waals surface area contributed by atoms with Crippen LogP contribution in [0.15, 0.2) is 41.1 Å². The summed E-state index contributed by atoms with van der Waals surface area (Å²) in [5.41, 5.74) is 1.49. The Bertz CT molecular complexity index is 1120. The van der Waals surface area contributed by atoms with Crippen molar-refractivity contribution >= 4 is 23.8 Å².